The summed E-state index contributed by atoms with van der Waals surface area (Å²) >= 11 is 0. The van der Waals surface area contributed by atoms with Gasteiger partial charge in [-0.25, -0.2) is 4.79 Å². The van der Waals surface area contributed by atoms with Crippen LogP contribution in [0.3, 0.4) is 0 Å². The monoisotopic (exact) mass is 383 g/mol. The summed E-state index contributed by atoms with van der Waals surface area (Å²) in [7, 11) is 0. The normalized spacial score (nSPS) is 44.8. The van der Waals surface area contributed by atoms with Crippen LogP contribution in [0, 0.1) is 17.7 Å². The Bertz CT molecular complexity index is 1580. The molecule has 0 aromatic heterocycles. The van der Waals surface area contributed by atoms with Gasteiger partial charge in [0, 0.05) is 29.2 Å². The number of carbonyl (C=O) groups excluding carboxylic acids is 1. The molecule has 0 saturated heterocycles. The van der Waals surface area contributed by atoms with Gasteiger partial charge in [-0.2, -0.15) is 0 Å². The fourth-order valence-electron chi connectivity index (χ4n) is 1.60. The van der Waals surface area contributed by atoms with Crippen molar-refractivity contribution in [2.24, 2.45) is 5.89 Å². The minimum atomic E-state index is -4.94. The molecule has 4 nitrogen and oxygen atoms in total. The largest absolute Gasteiger partial charge is 0.450 e. The van der Waals surface area contributed by atoms with Gasteiger partial charge in [0.25, 0.3) is 0 Å². The zero-order valence-electron chi connectivity index (χ0n) is 39.1. The minimum Gasteiger partial charge on any atom is -0.450 e. The van der Waals surface area contributed by atoms with Crippen molar-refractivity contribution < 1.29 is 50.3 Å². The third-order valence-corrected chi connectivity index (χ3v) is 2.87. The molecule has 4 heteroatoms. The number of esters is 1. The van der Waals surface area contributed by atoms with Crippen molar-refractivity contribution in [3.05, 3.63) is 35.8 Å². The number of benzene rings is 1. The molecule has 1 N–H and O–H groups in total. The molecule has 0 bridgehead atoms. The first-order chi connectivity index (χ1) is 22.6. The molecule has 2 rings (SSSR count). The Morgan fingerprint density at radius 1 is 1.38 bits per heavy atom. The van der Waals surface area contributed by atoms with Crippen LogP contribution in [0.1, 0.15) is 86.8 Å². The van der Waals surface area contributed by atoms with Gasteiger partial charge >= 0.3 is 5.97 Å². The zero-order valence-corrected chi connectivity index (χ0v) is 13.1. The number of hydrogen-bond acceptors (Lipinski definition) is 4. The number of rotatable bonds is 7. The lowest BCUT2D eigenvalue weighted by molar-refractivity contribution is -0.174. The van der Waals surface area contributed by atoms with Gasteiger partial charge in [-0.1, -0.05) is 74.9 Å². The molecule has 1 aliphatic carbocycles. The van der Waals surface area contributed by atoms with Crippen molar-refractivity contribution in [3.63, 3.8) is 0 Å². The number of hydrogen-bond donors (Lipinski definition) is 1. The van der Waals surface area contributed by atoms with E-state index in [-0.39, 0.29) is 4.90 Å². The maximum Gasteiger partial charge on any atom is 0.344 e. The van der Waals surface area contributed by atoms with Crippen LogP contribution in [0.4, 0.5) is 0 Å². The summed E-state index contributed by atoms with van der Waals surface area (Å²) in [5.74, 6) is -4.96. The van der Waals surface area contributed by atoms with Gasteiger partial charge in [0.2, 0.25) is 0 Å². The molecule has 1 aliphatic rings. The summed E-state index contributed by atoms with van der Waals surface area (Å²) in [6.45, 7) is -16.0. The van der Waals surface area contributed by atoms with Crippen LogP contribution in [-0.4, -0.2) is 42.1 Å². The highest BCUT2D eigenvalue weighted by atomic mass is 16.5. The van der Waals surface area contributed by atoms with Crippen molar-refractivity contribution in [1.29, 1.82) is 0 Å². The first-order valence-electron chi connectivity index (χ1n) is 19.9. The average molecular weight is 384 g/mol. The Kier molecular flexibility index (Phi) is 1.97. The predicted molar refractivity (Wildman–Crippen MR) is 103 cm³/mol. The fraction of sp³-hybridized carbons (Fsp3) is 0.591. The molecule has 1 unspecified atom stereocenters. The highest BCUT2D eigenvalue weighted by Crippen LogP contribution is 2.40. The van der Waals surface area contributed by atoms with E-state index in [0.29, 0.717) is 0 Å². The van der Waals surface area contributed by atoms with Crippen LogP contribution in [0.15, 0.2) is 30.2 Å². The van der Waals surface area contributed by atoms with Crippen LogP contribution < -0.4 is 0 Å². The summed E-state index contributed by atoms with van der Waals surface area (Å²) < 4.78 is 214. The summed E-state index contributed by atoms with van der Waals surface area (Å²) in [6, 6.07) is -7.60. The van der Waals surface area contributed by atoms with Gasteiger partial charge in [-0.3, -0.25) is 4.90 Å². The first kappa shape index (κ1) is 4.96. The standard InChI is InChI=1S/C22H31NO3/c1-3-23(4-2)17-11-12-18-26-21(24)22(25,19-13-7-5-8-14-19)20-15-9-6-10-16-20/h5,7-8,13-14,20,25H,3-4,6,9-10,15-18H2,1-2H3/i1D3,2D3,5D,6D2,7D,8D,9D2,10D2,13D,14D,15D2,16D2,17D2,18D2,20D. The topological polar surface area (TPSA) is 49.8 Å². The Morgan fingerprint density at radius 3 is 2.73 bits per heavy atom. The average Bonchev–Trinajstić information content (AvgIpc) is 2.94. The number of carbonyl (C=O) groups is 1. The molecule has 1 aromatic carbocycles. The van der Waals surface area contributed by atoms with Crippen molar-refractivity contribution in [1.82, 2.24) is 4.90 Å². The van der Waals surface area contributed by atoms with E-state index in [1.807, 2.05) is 0 Å². The highest BCUT2D eigenvalue weighted by molar-refractivity contribution is 5.81. The molecule has 0 aliphatic heterocycles. The third kappa shape index (κ3) is 5.09. The van der Waals surface area contributed by atoms with E-state index < -0.39 is 125 Å². The summed E-state index contributed by atoms with van der Waals surface area (Å²) in [5, 5.41) is 12.2. The van der Waals surface area contributed by atoms with Crippen molar-refractivity contribution >= 4 is 5.97 Å². The van der Waals surface area contributed by atoms with E-state index in [1.54, 1.807) is 0 Å². The third-order valence-electron chi connectivity index (χ3n) is 2.87. The van der Waals surface area contributed by atoms with Gasteiger partial charge in [0.15, 0.2) is 12.2 Å². The maximum absolute atomic E-state index is 14.0. The predicted octanol–water partition coefficient (Wildman–Crippen LogP) is 3.34. The summed E-state index contributed by atoms with van der Waals surface area (Å²) in [6.07, 6.45) is -22.5. The lowest BCUT2D eigenvalue weighted by Crippen LogP contribution is -2.45. The van der Waals surface area contributed by atoms with Gasteiger partial charge in [-0.05, 0) is 31.4 Å². The molecule has 1 atom stereocenters. The molecule has 0 spiro atoms. The Morgan fingerprint density at radius 2 is 2.08 bits per heavy atom. The molecular weight excluding hydrogens is 326 g/mol. The minimum absolute atomic E-state index is 0.142. The van der Waals surface area contributed by atoms with E-state index in [0.717, 1.165) is 0 Å². The lowest BCUT2D eigenvalue weighted by atomic mass is 9.73. The van der Waals surface area contributed by atoms with E-state index in [2.05, 4.69) is 4.74 Å². The van der Waals surface area contributed by atoms with Crippen LogP contribution in [0.5, 0.6) is 0 Å². The Labute approximate surface area is 194 Å². The van der Waals surface area contributed by atoms with E-state index >= 15 is 0 Å². The van der Waals surface area contributed by atoms with Crippen molar-refractivity contribution in [2.75, 3.05) is 26.1 Å². The highest BCUT2D eigenvalue weighted by Gasteiger charge is 2.46. The summed E-state index contributed by atoms with van der Waals surface area (Å²) in [4.78, 5) is 14.2. The maximum atomic E-state index is 14.0. The number of nitrogens with zero attached hydrogens (tertiary/aromatic N) is 1. The first-order valence-corrected chi connectivity index (χ1v) is 6.90. The Hall–Kier alpha value is -1.83. The van der Waals surface area contributed by atoms with E-state index in [4.69, 9.17) is 35.6 Å². The second kappa shape index (κ2) is 10.4. The quantitative estimate of drug-likeness (QED) is 0.579. The SMILES string of the molecule is [2H]c1c([2H])c([2H])c(C(O)(C(=O)OC([2H])([2H])C#CC([2H])([2H])N(CC([2H])([2H])[2H])CC([2H])([2H])[2H])C2([2H])C([2H])([2H])C([2H])([2H])C([2H])([2H])C([2H])([2H])C2([2H])[2H])c([2H])c1[2H]. The van der Waals surface area contributed by atoms with E-state index in [1.165, 1.54) is 11.8 Å². The molecule has 142 valence electrons. The fourth-order valence-corrected chi connectivity index (χ4v) is 1.60. The van der Waals surface area contributed by atoms with Gasteiger partial charge in [0.05, 0.1) is 18.8 Å². The van der Waals surface area contributed by atoms with Crippen LogP contribution in [-0.2, 0) is 15.1 Å². The molecule has 0 heterocycles. The summed E-state index contributed by atoms with van der Waals surface area (Å²) in [5.41, 5.74) is -6.91. The molecule has 1 fully saturated rings. The molecular formula is C22H31NO3. The molecule has 0 radical (unpaired) electrons. The van der Waals surface area contributed by atoms with Gasteiger partial charge < -0.3 is 9.84 Å². The Balaban J connectivity index is 3.07. The van der Waals surface area contributed by atoms with E-state index in [9.17, 15) is 9.90 Å². The van der Waals surface area contributed by atoms with Crippen molar-refractivity contribution in [2.45, 2.75) is 51.2 Å². The van der Waals surface area contributed by atoms with Crippen LogP contribution >= 0.6 is 0 Å². The number of ether oxygens (including phenoxy) is 1. The molecule has 1 saturated carbocycles. The molecule has 0 amide bonds. The van der Waals surface area contributed by atoms with Crippen LogP contribution in [0.2, 0.25) is 0 Å². The smallest absolute Gasteiger partial charge is 0.344 e. The molecule has 1 aromatic rings. The lowest BCUT2D eigenvalue weighted by Gasteiger charge is -2.36. The molecule has 26 heavy (non-hydrogen) atoms. The van der Waals surface area contributed by atoms with Gasteiger partial charge in [-0.15, -0.1) is 0 Å². The number of aliphatic hydroxyl groups is 1. The van der Waals surface area contributed by atoms with Crippen LogP contribution in [0.25, 0.3) is 0 Å². The van der Waals surface area contributed by atoms with Gasteiger partial charge in [0.1, 0.15) is 0 Å². The second-order valence-corrected chi connectivity index (χ2v) is 4.42. The van der Waals surface area contributed by atoms with Crippen molar-refractivity contribution in [3.8, 4) is 11.8 Å². The zero-order chi connectivity index (χ0) is 41.7. The second-order valence-electron chi connectivity index (χ2n) is 4.42.